The quantitative estimate of drug-likeness (QED) is 0.863. The number of piperazine rings is 1. The molecule has 1 N–H and O–H groups in total. The molecule has 2 nitrogen and oxygen atoms in total. The van der Waals surface area contributed by atoms with E-state index >= 15 is 0 Å². The third-order valence-electron chi connectivity index (χ3n) is 4.98. The van der Waals surface area contributed by atoms with E-state index in [4.69, 9.17) is 0 Å². The fourth-order valence-corrected chi connectivity index (χ4v) is 3.48. The summed E-state index contributed by atoms with van der Waals surface area (Å²) in [4.78, 5) is 2.52. The molecule has 0 saturated carbocycles. The Morgan fingerprint density at radius 2 is 1.95 bits per heavy atom. The molecule has 1 aromatic rings. The Morgan fingerprint density at radius 3 is 2.52 bits per heavy atom. The minimum Gasteiger partial charge on any atom is -0.308 e. The highest BCUT2D eigenvalue weighted by Gasteiger charge is 2.40. The lowest BCUT2D eigenvalue weighted by Crippen LogP contribution is -2.67. The minimum absolute atomic E-state index is 0.0989. The molecule has 0 aromatic heterocycles. The predicted octanol–water partition coefficient (Wildman–Crippen LogP) is 4.33. The SMILES string of the molecule is CCC1(CC)CN(Cc2ccc(F)cc2Br)C(C)(C)CN1. The highest BCUT2D eigenvalue weighted by molar-refractivity contribution is 9.10. The predicted molar refractivity (Wildman–Crippen MR) is 89.9 cm³/mol. The maximum Gasteiger partial charge on any atom is 0.124 e. The van der Waals surface area contributed by atoms with Crippen LogP contribution in [0.25, 0.3) is 0 Å². The van der Waals surface area contributed by atoms with Gasteiger partial charge in [-0.25, -0.2) is 4.39 Å². The van der Waals surface area contributed by atoms with Crippen LogP contribution in [0.2, 0.25) is 0 Å². The summed E-state index contributed by atoms with van der Waals surface area (Å²) < 4.78 is 14.1. The van der Waals surface area contributed by atoms with Gasteiger partial charge in [-0.1, -0.05) is 35.8 Å². The van der Waals surface area contributed by atoms with Gasteiger partial charge < -0.3 is 5.32 Å². The fraction of sp³-hybridized carbons (Fsp3) is 0.647. The van der Waals surface area contributed by atoms with Crippen molar-refractivity contribution in [3.8, 4) is 0 Å². The van der Waals surface area contributed by atoms with Crippen LogP contribution in [0.5, 0.6) is 0 Å². The average Bonchev–Trinajstić information content (AvgIpc) is 2.44. The Hall–Kier alpha value is -0.450. The molecule has 0 aliphatic carbocycles. The highest BCUT2D eigenvalue weighted by atomic mass is 79.9. The van der Waals surface area contributed by atoms with Gasteiger partial charge in [0.2, 0.25) is 0 Å². The highest BCUT2D eigenvalue weighted by Crippen LogP contribution is 2.31. The molecule has 118 valence electrons. The second-order valence-corrected chi connectivity index (χ2v) is 7.60. The van der Waals surface area contributed by atoms with Crippen LogP contribution in [0.15, 0.2) is 22.7 Å². The van der Waals surface area contributed by atoms with Gasteiger partial charge in [0, 0.05) is 35.2 Å². The lowest BCUT2D eigenvalue weighted by molar-refractivity contribution is 0.0160. The zero-order chi connectivity index (χ0) is 15.7. The number of benzene rings is 1. The molecular formula is C17H26BrFN2. The van der Waals surface area contributed by atoms with Gasteiger partial charge in [0.25, 0.3) is 0 Å². The summed E-state index contributed by atoms with van der Waals surface area (Å²) in [5.41, 5.74) is 1.44. The molecule has 1 heterocycles. The van der Waals surface area contributed by atoms with Gasteiger partial charge in [0.15, 0.2) is 0 Å². The number of halogens is 2. The Bertz CT molecular complexity index is 498. The Kier molecular flexibility index (Phi) is 5.11. The van der Waals surface area contributed by atoms with Crippen LogP contribution in [-0.2, 0) is 6.54 Å². The normalized spacial score (nSPS) is 21.4. The van der Waals surface area contributed by atoms with Crippen LogP contribution in [0.3, 0.4) is 0 Å². The second kappa shape index (κ2) is 6.35. The van der Waals surface area contributed by atoms with E-state index in [9.17, 15) is 4.39 Å². The first-order chi connectivity index (χ1) is 9.82. The van der Waals surface area contributed by atoms with Crippen molar-refractivity contribution in [3.63, 3.8) is 0 Å². The molecule has 1 fully saturated rings. The molecule has 0 unspecified atom stereocenters. The van der Waals surface area contributed by atoms with Gasteiger partial charge in [0.05, 0.1) is 0 Å². The van der Waals surface area contributed by atoms with Gasteiger partial charge in [-0.15, -0.1) is 0 Å². The summed E-state index contributed by atoms with van der Waals surface area (Å²) in [5, 5.41) is 3.75. The Labute approximate surface area is 136 Å². The molecule has 0 bridgehead atoms. The van der Waals surface area contributed by atoms with Crippen molar-refractivity contribution in [1.82, 2.24) is 10.2 Å². The third kappa shape index (κ3) is 3.66. The van der Waals surface area contributed by atoms with Crippen LogP contribution >= 0.6 is 15.9 Å². The summed E-state index contributed by atoms with van der Waals surface area (Å²) in [5.74, 6) is -0.193. The molecule has 2 rings (SSSR count). The minimum atomic E-state index is -0.193. The van der Waals surface area contributed by atoms with Crippen LogP contribution in [-0.4, -0.2) is 29.1 Å². The van der Waals surface area contributed by atoms with Crippen LogP contribution < -0.4 is 5.32 Å². The fourth-order valence-electron chi connectivity index (χ4n) is 3.00. The standard InChI is InChI=1S/C17H26BrFN2/c1-5-17(6-2)12-21(16(3,4)11-20-17)10-13-7-8-14(19)9-15(13)18/h7-9,20H,5-6,10-12H2,1-4H3. The number of hydrogen-bond acceptors (Lipinski definition) is 2. The van der Waals surface area contributed by atoms with Gasteiger partial charge in [-0.05, 0) is 44.4 Å². The van der Waals surface area contributed by atoms with Crippen molar-refractivity contribution in [3.05, 3.63) is 34.1 Å². The smallest absolute Gasteiger partial charge is 0.124 e. The zero-order valence-electron chi connectivity index (χ0n) is 13.5. The molecule has 1 aromatic carbocycles. The molecular weight excluding hydrogens is 331 g/mol. The number of hydrogen-bond donors (Lipinski definition) is 1. The van der Waals surface area contributed by atoms with Crippen LogP contribution in [0.1, 0.15) is 46.1 Å². The van der Waals surface area contributed by atoms with Gasteiger partial charge >= 0.3 is 0 Å². The summed E-state index contributed by atoms with van der Waals surface area (Å²) in [7, 11) is 0. The first-order valence-corrected chi connectivity index (χ1v) is 8.55. The van der Waals surface area contributed by atoms with E-state index in [0.29, 0.717) is 0 Å². The monoisotopic (exact) mass is 356 g/mol. The Morgan fingerprint density at radius 1 is 1.29 bits per heavy atom. The number of nitrogens with one attached hydrogen (secondary N) is 1. The molecule has 1 aliphatic rings. The van der Waals surface area contributed by atoms with Crippen molar-refractivity contribution in [1.29, 1.82) is 0 Å². The molecule has 0 amide bonds. The number of nitrogens with zero attached hydrogens (tertiary/aromatic N) is 1. The van der Waals surface area contributed by atoms with Crippen molar-refractivity contribution in [2.24, 2.45) is 0 Å². The first-order valence-electron chi connectivity index (χ1n) is 7.76. The largest absolute Gasteiger partial charge is 0.308 e. The molecule has 21 heavy (non-hydrogen) atoms. The first kappa shape index (κ1) is 16.9. The third-order valence-corrected chi connectivity index (χ3v) is 5.71. The molecule has 0 radical (unpaired) electrons. The van der Waals surface area contributed by atoms with Gasteiger partial charge in [-0.3, -0.25) is 4.90 Å². The molecule has 0 atom stereocenters. The van der Waals surface area contributed by atoms with E-state index in [0.717, 1.165) is 42.5 Å². The van der Waals surface area contributed by atoms with E-state index in [2.05, 4.69) is 53.8 Å². The summed E-state index contributed by atoms with van der Waals surface area (Å²) in [6.45, 7) is 11.9. The van der Waals surface area contributed by atoms with E-state index < -0.39 is 0 Å². The van der Waals surface area contributed by atoms with Crippen LogP contribution in [0, 0.1) is 5.82 Å². The number of rotatable bonds is 4. The maximum absolute atomic E-state index is 13.3. The van der Waals surface area contributed by atoms with E-state index in [1.54, 1.807) is 12.1 Å². The van der Waals surface area contributed by atoms with E-state index in [1.165, 1.54) is 0 Å². The Balaban J connectivity index is 2.22. The molecule has 1 saturated heterocycles. The summed E-state index contributed by atoms with van der Waals surface area (Å²) in [6, 6.07) is 4.98. The van der Waals surface area contributed by atoms with Crippen LogP contribution in [0.4, 0.5) is 4.39 Å². The lowest BCUT2D eigenvalue weighted by atomic mass is 9.84. The summed E-state index contributed by atoms with van der Waals surface area (Å²) >= 11 is 3.49. The average molecular weight is 357 g/mol. The lowest BCUT2D eigenvalue weighted by Gasteiger charge is -2.52. The second-order valence-electron chi connectivity index (χ2n) is 6.75. The van der Waals surface area contributed by atoms with Gasteiger partial charge in [0.1, 0.15) is 5.82 Å². The molecule has 1 aliphatic heterocycles. The topological polar surface area (TPSA) is 15.3 Å². The molecule has 0 spiro atoms. The maximum atomic E-state index is 13.3. The van der Waals surface area contributed by atoms with E-state index in [-0.39, 0.29) is 16.9 Å². The van der Waals surface area contributed by atoms with Crippen molar-refractivity contribution < 1.29 is 4.39 Å². The summed E-state index contributed by atoms with van der Waals surface area (Å²) in [6.07, 6.45) is 2.25. The van der Waals surface area contributed by atoms with Crippen molar-refractivity contribution >= 4 is 15.9 Å². The van der Waals surface area contributed by atoms with Crippen molar-refractivity contribution in [2.75, 3.05) is 13.1 Å². The molecule has 4 heteroatoms. The van der Waals surface area contributed by atoms with Gasteiger partial charge in [-0.2, -0.15) is 0 Å². The zero-order valence-corrected chi connectivity index (χ0v) is 15.1. The van der Waals surface area contributed by atoms with E-state index in [1.807, 2.05) is 6.07 Å². The van der Waals surface area contributed by atoms with Crippen molar-refractivity contribution in [2.45, 2.75) is 58.2 Å².